The first-order valence-electron chi connectivity index (χ1n) is 7.63. The van der Waals surface area contributed by atoms with Crippen LogP contribution in [0, 0.1) is 12.3 Å². The summed E-state index contributed by atoms with van der Waals surface area (Å²) in [5.41, 5.74) is 0.984. The van der Waals surface area contributed by atoms with Gasteiger partial charge in [0, 0.05) is 17.8 Å². The molecule has 0 aromatic heterocycles. The zero-order valence-corrected chi connectivity index (χ0v) is 13.5. The third kappa shape index (κ3) is 4.00. The number of hydrogen-bond acceptors (Lipinski definition) is 2. The number of carbonyl (C=O) groups excluding carboxylic acids is 1. The molecule has 0 saturated heterocycles. The standard InChI is InChI=1S/C20H21NO2/c1-4-16-10-9-13-18(14-16)21(5-2)19(22)15-20(3,23)17-11-7-6-8-12-17/h1,6-14,23H,5,15H2,2-3H3. The molecule has 23 heavy (non-hydrogen) atoms. The van der Waals surface area contributed by atoms with Gasteiger partial charge >= 0.3 is 0 Å². The van der Waals surface area contributed by atoms with Gasteiger partial charge < -0.3 is 10.0 Å². The molecule has 0 saturated carbocycles. The molecule has 1 amide bonds. The predicted octanol–water partition coefficient (Wildman–Crippen LogP) is 3.32. The molecule has 3 nitrogen and oxygen atoms in total. The van der Waals surface area contributed by atoms with Gasteiger partial charge in [-0.2, -0.15) is 0 Å². The fourth-order valence-corrected chi connectivity index (χ4v) is 2.56. The molecule has 0 aliphatic rings. The molecule has 0 aliphatic heterocycles. The Morgan fingerprint density at radius 1 is 1.22 bits per heavy atom. The SMILES string of the molecule is C#Cc1cccc(N(CC)C(=O)CC(C)(O)c2ccccc2)c1. The van der Waals surface area contributed by atoms with Crippen LogP contribution in [-0.2, 0) is 10.4 Å². The average Bonchev–Trinajstić information content (AvgIpc) is 2.56. The van der Waals surface area contributed by atoms with Gasteiger partial charge in [-0.05, 0) is 37.6 Å². The molecule has 0 radical (unpaired) electrons. The lowest BCUT2D eigenvalue weighted by Crippen LogP contribution is -2.36. The van der Waals surface area contributed by atoms with Crippen LogP contribution in [-0.4, -0.2) is 17.6 Å². The number of nitrogens with zero attached hydrogens (tertiary/aromatic N) is 1. The summed E-state index contributed by atoms with van der Waals surface area (Å²) in [6.45, 7) is 4.07. The van der Waals surface area contributed by atoms with Crippen molar-refractivity contribution in [2.45, 2.75) is 25.9 Å². The van der Waals surface area contributed by atoms with Gasteiger partial charge in [0.1, 0.15) is 0 Å². The Labute approximate surface area is 137 Å². The number of amides is 1. The van der Waals surface area contributed by atoms with Gasteiger partial charge in [-0.25, -0.2) is 0 Å². The van der Waals surface area contributed by atoms with E-state index >= 15 is 0 Å². The minimum Gasteiger partial charge on any atom is -0.385 e. The van der Waals surface area contributed by atoms with Crippen molar-refractivity contribution >= 4 is 11.6 Å². The molecule has 0 bridgehead atoms. The Balaban J connectivity index is 2.22. The van der Waals surface area contributed by atoms with Gasteiger partial charge in [0.25, 0.3) is 0 Å². The van der Waals surface area contributed by atoms with Gasteiger partial charge in [-0.1, -0.05) is 42.3 Å². The number of aliphatic hydroxyl groups is 1. The van der Waals surface area contributed by atoms with Crippen molar-refractivity contribution in [2.75, 3.05) is 11.4 Å². The predicted molar refractivity (Wildman–Crippen MR) is 93.0 cm³/mol. The molecule has 0 heterocycles. The molecule has 1 atom stereocenters. The molecule has 0 spiro atoms. The average molecular weight is 307 g/mol. The van der Waals surface area contributed by atoms with Crippen LogP contribution in [0.1, 0.15) is 31.4 Å². The summed E-state index contributed by atoms with van der Waals surface area (Å²) < 4.78 is 0. The minimum atomic E-state index is -1.21. The number of terminal acetylenes is 1. The lowest BCUT2D eigenvalue weighted by Gasteiger charge is -2.28. The van der Waals surface area contributed by atoms with Crippen molar-refractivity contribution in [1.82, 2.24) is 0 Å². The summed E-state index contributed by atoms with van der Waals surface area (Å²) in [6, 6.07) is 16.5. The monoisotopic (exact) mass is 307 g/mol. The first kappa shape index (κ1) is 16.8. The maximum absolute atomic E-state index is 12.7. The Morgan fingerprint density at radius 2 is 1.91 bits per heavy atom. The summed E-state index contributed by atoms with van der Waals surface area (Å²) in [7, 11) is 0. The van der Waals surface area contributed by atoms with Crippen LogP contribution in [0.25, 0.3) is 0 Å². The van der Waals surface area contributed by atoms with Crippen molar-refractivity contribution in [3.63, 3.8) is 0 Å². The summed E-state index contributed by atoms with van der Waals surface area (Å²) in [6.07, 6.45) is 5.43. The summed E-state index contributed by atoms with van der Waals surface area (Å²) in [4.78, 5) is 14.3. The Bertz CT molecular complexity index is 714. The number of carbonyl (C=O) groups is 1. The normalized spacial score (nSPS) is 13.0. The van der Waals surface area contributed by atoms with Crippen molar-refractivity contribution in [2.24, 2.45) is 0 Å². The van der Waals surface area contributed by atoms with Gasteiger partial charge in [0.15, 0.2) is 0 Å². The highest BCUT2D eigenvalue weighted by molar-refractivity contribution is 5.94. The van der Waals surface area contributed by atoms with Gasteiger partial charge in [0.2, 0.25) is 5.91 Å². The molecule has 2 aromatic carbocycles. The van der Waals surface area contributed by atoms with E-state index in [1.165, 1.54) is 0 Å². The third-order valence-corrected chi connectivity index (χ3v) is 3.83. The van der Waals surface area contributed by atoms with E-state index in [9.17, 15) is 9.90 Å². The second-order valence-corrected chi connectivity index (χ2v) is 5.65. The van der Waals surface area contributed by atoms with Crippen LogP contribution in [0.15, 0.2) is 54.6 Å². The highest BCUT2D eigenvalue weighted by Gasteiger charge is 2.29. The zero-order chi connectivity index (χ0) is 16.9. The lowest BCUT2D eigenvalue weighted by molar-refractivity contribution is -0.123. The van der Waals surface area contributed by atoms with E-state index in [1.807, 2.05) is 55.5 Å². The third-order valence-electron chi connectivity index (χ3n) is 3.83. The fraction of sp³-hybridized carbons (Fsp3) is 0.250. The van der Waals surface area contributed by atoms with Crippen molar-refractivity contribution in [3.05, 3.63) is 65.7 Å². The largest absolute Gasteiger partial charge is 0.385 e. The van der Waals surface area contributed by atoms with Crippen LogP contribution in [0.5, 0.6) is 0 Å². The van der Waals surface area contributed by atoms with Crippen LogP contribution >= 0.6 is 0 Å². The number of benzene rings is 2. The zero-order valence-electron chi connectivity index (χ0n) is 13.5. The highest BCUT2D eigenvalue weighted by atomic mass is 16.3. The van der Waals surface area contributed by atoms with Crippen LogP contribution in [0.2, 0.25) is 0 Å². The van der Waals surface area contributed by atoms with Crippen molar-refractivity contribution in [1.29, 1.82) is 0 Å². The van der Waals surface area contributed by atoms with Crippen molar-refractivity contribution < 1.29 is 9.90 Å². The van der Waals surface area contributed by atoms with Crippen molar-refractivity contribution in [3.8, 4) is 12.3 Å². The van der Waals surface area contributed by atoms with Gasteiger partial charge in [-0.15, -0.1) is 6.42 Å². The van der Waals surface area contributed by atoms with Gasteiger partial charge in [-0.3, -0.25) is 4.79 Å². The molecule has 0 fully saturated rings. The maximum Gasteiger partial charge on any atom is 0.230 e. The molecular formula is C20H21NO2. The second kappa shape index (κ2) is 7.13. The molecule has 2 aromatic rings. The second-order valence-electron chi connectivity index (χ2n) is 5.65. The van der Waals surface area contributed by atoms with E-state index in [4.69, 9.17) is 6.42 Å². The van der Waals surface area contributed by atoms with Crippen LogP contribution in [0.3, 0.4) is 0 Å². The van der Waals surface area contributed by atoms with E-state index in [0.717, 1.165) is 16.8 Å². The number of anilines is 1. The molecule has 2 rings (SSSR count). The molecule has 118 valence electrons. The minimum absolute atomic E-state index is 0.00509. The quantitative estimate of drug-likeness (QED) is 0.861. The number of hydrogen-bond donors (Lipinski definition) is 1. The summed E-state index contributed by atoms with van der Waals surface area (Å²) in [5, 5.41) is 10.7. The molecule has 1 unspecified atom stereocenters. The molecule has 0 aliphatic carbocycles. The fourth-order valence-electron chi connectivity index (χ4n) is 2.56. The summed E-state index contributed by atoms with van der Waals surface area (Å²) >= 11 is 0. The Kier molecular flexibility index (Phi) is 5.20. The first-order chi connectivity index (χ1) is 11.0. The summed E-state index contributed by atoms with van der Waals surface area (Å²) in [5.74, 6) is 2.43. The Hall–Kier alpha value is -2.57. The van der Waals surface area contributed by atoms with E-state index in [2.05, 4.69) is 5.92 Å². The lowest BCUT2D eigenvalue weighted by atomic mass is 9.92. The van der Waals surface area contributed by atoms with E-state index in [-0.39, 0.29) is 12.3 Å². The molecule has 3 heteroatoms. The topological polar surface area (TPSA) is 40.5 Å². The van der Waals surface area contributed by atoms with Crippen LogP contribution < -0.4 is 4.90 Å². The molecular weight excluding hydrogens is 286 g/mol. The van der Waals surface area contributed by atoms with E-state index in [0.29, 0.717) is 6.54 Å². The van der Waals surface area contributed by atoms with E-state index in [1.54, 1.807) is 17.9 Å². The Morgan fingerprint density at radius 3 is 2.52 bits per heavy atom. The highest BCUT2D eigenvalue weighted by Crippen LogP contribution is 2.26. The first-order valence-corrected chi connectivity index (χ1v) is 7.63. The smallest absolute Gasteiger partial charge is 0.230 e. The number of rotatable bonds is 5. The van der Waals surface area contributed by atoms with Gasteiger partial charge in [0.05, 0.1) is 12.0 Å². The maximum atomic E-state index is 12.7. The van der Waals surface area contributed by atoms with Crippen LogP contribution in [0.4, 0.5) is 5.69 Å². The van der Waals surface area contributed by atoms with E-state index < -0.39 is 5.60 Å². The molecule has 1 N–H and O–H groups in total.